The largest absolute Gasteiger partial charge is 0.481 e. The van der Waals surface area contributed by atoms with Crippen LogP contribution in [0.1, 0.15) is 32.6 Å². The van der Waals surface area contributed by atoms with Crippen LogP contribution in [0.2, 0.25) is 0 Å². The van der Waals surface area contributed by atoms with Gasteiger partial charge in [-0.25, -0.2) is 0 Å². The molecule has 6 bridgehead atoms. The fourth-order valence-electron chi connectivity index (χ4n) is 9.09. The summed E-state index contributed by atoms with van der Waals surface area (Å²) in [5, 5.41) is 21.3. The van der Waals surface area contributed by atoms with Crippen LogP contribution in [0.15, 0.2) is 12.2 Å². The number of hydrogen-bond donors (Lipinski definition) is 2. The molecule has 158 valence electrons. The van der Waals surface area contributed by atoms with Crippen molar-refractivity contribution in [3.8, 4) is 0 Å². The molecule has 5 saturated carbocycles. The molecule has 0 radical (unpaired) electrons. The number of esters is 1. The summed E-state index contributed by atoms with van der Waals surface area (Å²) in [6.07, 6.45) is 0.880. The van der Waals surface area contributed by atoms with Gasteiger partial charge >= 0.3 is 11.9 Å². The fourth-order valence-corrected chi connectivity index (χ4v) is 9.09. The van der Waals surface area contributed by atoms with Gasteiger partial charge in [0.1, 0.15) is 5.78 Å². The third kappa shape index (κ3) is 1.90. The lowest BCUT2D eigenvalue weighted by atomic mass is 9.44. The summed E-state index contributed by atoms with van der Waals surface area (Å²) in [5.74, 6) is -3.27. The zero-order valence-corrected chi connectivity index (χ0v) is 17.2. The number of nitrogens with zero attached hydrogens (tertiary/aromatic N) is 1. The molecule has 1 heterocycles. The number of ether oxygens (including phenoxy) is 1. The van der Waals surface area contributed by atoms with E-state index in [1.807, 2.05) is 14.0 Å². The molecular weight excluding hydrogens is 374 g/mol. The number of fused-ring (bicyclic) bond motifs is 2. The Morgan fingerprint density at radius 3 is 2.62 bits per heavy atom. The van der Waals surface area contributed by atoms with Crippen LogP contribution < -0.4 is 0 Å². The van der Waals surface area contributed by atoms with Crippen molar-refractivity contribution in [1.82, 2.24) is 4.90 Å². The molecule has 0 aromatic carbocycles. The second-order valence-electron chi connectivity index (χ2n) is 10.5. The number of piperidine rings is 1. The molecule has 1 saturated heterocycles. The number of rotatable bonds is 2. The lowest BCUT2D eigenvalue weighted by Crippen LogP contribution is -2.69. The lowest BCUT2D eigenvalue weighted by molar-refractivity contribution is -0.205. The summed E-state index contributed by atoms with van der Waals surface area (Å²) in [6.45, 7) is 6.51. The SMILES string of the molecule is C=C1C[C@@]2(C(=O)OC)[C@H]3C(=O)[C@@H]1C[C@@H]2[C@@]12C[C@H](O)C[C@@](C)(CN(C)[C@H]31)[C@@H]2C(=O)O. The summed E-state index contributed by atoms with van der Waals surface area (Å²) in [6, 6.07) is -0.388. The van der Waals surface area contributed by atoms with Gasteiger partial charge in [-0.05, 0) is 44.1 Å². The highest BCUT2D eigenvalue weighted by molar-refractivity contribution is 5.98. The number of methoxy groups -OCH3 is 1. The fraction of sp³-hybridized carbons (Fsp3) is 0.773. The number of hydrogen-bond acceptors (Lipinski definition) is 6. The number of carboxylic acid groups (broad SMARTS) is 1. The number of aliphatic carboxylic acids is 1. The van der Waals surface area contributed by atoms with Crippen LogP contribution in [0.25, 0.3) is 0 Å². The first-order chi connectivity index (χ1) is 13.5. The van der Waals surface area contributed by atoms with Gasteiger partial charge in [0.15, 0.2) is 0 Å². The van der Waals surface area contributed by atoms with Crippen LogP contribution in [0, 0.1) is 39.9 Å². The van der Waals surface area contributed by atoms with Gasteiger partial charge in [0.25, 0.3) is 0 Å². The van der Waals surface area contributed by atoms with Crippen LogP contribution >= 0.6 is 0 Å². The molecule has 7 heteroatoms. The van der Waals surface area contributed by atoms with E-state index in [0.29, 0.717) is 32.2 Å². The Hall–Kier alpha value is -1.73. The van der Waals surface area contributed by atoms with Gasteiger partial charge in [0.2, 0.25) is 0 Å². The minimum Gasteiger partial charge on any atom is -0.481 e. The van der Waals surface area contributed by atoms with Gasteiger partial charge in [-0.2, -0.15) is 0 Å². The second kappa shape index (κ2) is 5.49. The Balaban J connectivity index is 1.82. The van der Waals surface area contributed by atoms with Gasteiger partial charge < -0.3 is 19.8 Å². The molecule has 7 nitrogen and oxygen atoms in total. The van der Waals surface area contributed by atoms with Crippen molar-refractivity contribution in [3.05, 3.63) is 12.2 Å². The summed E-state index contributed by atoms with van der Waals surface area (Å²) >= 11 is 0. The standard InChI is InChI=1S/C22H29NO6/c1-10-6-21(19(28)29-4)13-5-12(10)15(25)14(21)17-22(13)8-11(24)7-20(2,9-23(17)3)16(22)18(26)27/h11-14,16-17,24H,1,5-9H2,2-4H3,(H,26,27)/t11-,12-,13+,14+,16+,17-,20+,21+,22-/m1/s1. The topological polar surface area (TPSA) is 104 Å². The maximum atomic E-state index is 13.6. The van der Waals surface area contributed by atoms with Crippen molar-refractivity contribution >= 4 is 17.7 Å². The number of aliphatic hydroxyl groups is 1. The maximum absolute atomic E-state index is 13.6. The summed E-state index contributed by atoms with van der Waals surface area (Å²) < 4.78 is 5.25. The highest BCUT2D eigenvalue weighted by Gasteiger charge is 2.83. The predicted molar refractivity (Wildman–Crippen MR) is 102 cm³/mol. The molecule has 29 heavy (non-hydrogen) atoms. The molecule has 6 fully saturated rings. The van der Waals surface area contributed by atoms with Crippen molar-refractivity contribution in [3.63, 3.8) is 0 Å². The Bertz CT molecular complexity index is 854. The van der Waals surface area contributed by atoms with E-state index in [9.17, 15) is 24.6 Å². The van der Waals surface area contributed by atoms with E-state index in [4.69, 9.17) is 4.74 Å². The first-order valence-electron chi connectivity index (χ1n) is 10.5. The minimum absolute atomic E-state index is 0.00410. The summed E-state index contributed by atoms with van der Waals surface area (Å²) in [5.41, 5.74) is -1.78. The maximum Gasteiger partial charge on any atom is 0.313 e. The number of likely N-dealkylation sites (tertiary alicyclic amines) is 1. The van der Waals surface area contributed by atoms with E-state index in [0.717, 1.165) is 5.57 Å². The highest BCUT2D eigenvalue weighted by atomic mass is 16.5. The third-order valence-electron chi connectivity index (χ3n) is 9.25. The van der Waals surface area contributed by atoms with E-state index in [-0.39, 0.29) is 23.7 Å². The monoisotopic (exact) mass is 403 g/mol. The van der Waals surface area contributed by atoms with Gasteiger partial charge in [-0.3, -0.25) is 14.4 Å². The van der Waals surface area contributed by atoms with Gasteiger partial charge in [-0.1, -0.05) is 19.1 Å². The normalized spacial score (nSPS) is 53.0. The zero-order chi connectivity index (χ0) is 21.1. The van der Waals surface area contributed by atoms with E-state index in [1.165, 1.54) is 7.11 Å². The highest BCUT2D eigenvalue weighted by Crippen LogP contribution is 2.77. The molecule has 1 spiro atoms. The number of aliphatic hydroxyl groups excluding tert-OH is 1. The third-order valence-corrected chi connectivity index (χ3v) is 9.25. The molecule has 5 aliphatic carbocycles. The number of carbonyl (C=O) groups is 3. The number of ketones is 1. The molecule has 1 aliphatic heterocycles. The van der Waals surface area contributed by atoms with Crippen LogP contribution in [-0.2, 0) is 19.1 Å². The molecule has 6 aliphatic rings. The molecule has 9 atom stereocenters. The van der Waals surface area contributed by atoms with Crippen molar-refractivity contribution in [1.29, 1.82) is 0 Å². The minimum atomic E-state index is -1.08. The Kier molecular flexibility index (Phi) is 3.64. The lowest BCUT2D eigenvalue weighted by Gasteiger charge is -2.63. The molecule has 6 rings (SSSR count). The van der Waals surface area contributed by atoms with Crippen LogP contribution in [-0.4, -0.2) is 65.7 Å². The zero-order valence-electron chi connectivity index (χ0n) is 17.2. The van der Waals surface area contributed by atoms with Crippen molar-refractivity contribution in [2.75, 3.05) is 20.7 Å². The quantitative estimate of drug-likeness (QED) is 0.526. The number of carbonyl (C=O) groups excluding carboxylic acids is 2. The van der Waals surface area contributed by atoms with E-state index in [2.05, 4.69) is 11.5 Å². The number of Topliss-reactive ketones (excluding diaryl/α,β-unsaturated/α-hetero) is 1. The van der Waals surface area contributed by atoms with Crippen molar-refractivity contribution < 1.29 is 29.3 Å². The summed E-state index contributed by atoms with van der Waals surface area (Å²) in [4.78, 5) is 41.7. The predicted octanol–water partition coefficient (Wildman–Crippen LogP) is 1.10. The van der Waals surface area contributed by atoms with Crippen LogP contribution in [0.5, 0.6) is 0 Å². The van der Waals surface area contributed by atoms with Crippen LogP contribution in [0.3, 0.4) is 0 Å². The Morgan fingerprint density at radius 1 is 1.31 bits per heavy atom. The van der Waals surface area contributed by atoms with Crippen molar-refractivity contribution in [2.45, 2.75) is 44.8 Å². The van der Waals surface area contributed by atoms with Crippen LogP contribution in [0.4, 0.5) is 0 Å². The molecule has 0 amide bonds. The van der Waals surface area contributed by atoms with E-state index >= 15 is 0 Å². The molecule has 0 unspecified atom stereocenters. The molecule has 2 N–H and O–H groups in total. The first-order valence-corrected chi connectivity index (χ1v) is 10.5. The van der Waals surface area contributed by atoms with Gasteiger partial charge in [-0.15, -0.1) is 0 Å². The average molecular weight is 403 g/mol. The number of carboxylic acids is 1. The second-order valence-corrected chi connectivity index (χ2v) is 10.5. The number of allylic oxidation sites excluding steroid dienone is 1. The Labute approximate surface area is 170 Å². The van der Waals surface area contributed by atoms with Gasteiger partial charge in [0.05, 0.1) is 30.5 Å². The molecule has 0 aromatic heterocycles. The Morgan fingerprint density at radius 2 is 2.00 bits per heavy atom. The van der Waals surface area contributed by atoms with E-state index in [1.54, 1.807) is 0 Å². The van der Waals surface area contributed by atoms with Crippen molar-refractivity contribution in [2.24, 2.45) is 39.9 Å². The first kappa shape index (κ1) is 19.2. The smallest absolute Gasteiger partial charge is 0.313 e. The summed E-state index contributed by atoms with van der Waals surface area (Å²) in [7, 11) is 3.28. The molecule has 0 aromatic rings. The van der Waals surface area contributed by atoms with E-state index < -0.39 is 46.1 Å². The molecular formula is C22H29NO6. The van der Waals surface area contributed by atoms with Gasteiger partial charge in [0, 0.05) is 23.9 Å². The average Bonchev–Trinajstić information content (AvgIpc) is 2.78.